The second kappa shape index (κ2) is 7.18. The van der Waals surface area contributed by atoms with Crippen molar-refractivity contribution in [2.45, 2.75) is 17.7 Å². The van der Waals surface area contributed by atoms with Crippen molar-refractivity contribution in [3.63, 3.8) is 0 Å². The molecule has 18 heavy (non-hydrogen) atoms. The van der Waals surface area contributed by atoms with Crippen LogP contribution < -0.4 is 4.72 Å². The largest absolute Gasteiger partial charge is 0.385 e. The Balaban J connectivity index is 2.63. The molecule has 0 aliphatic heterocycles. The molecule has 1 aromatic rings. The lowest BCUT2D eigenvalue weighted by Gasteiger charge is -2.07. The van der Waals surface area contributed by atoms with Crippen LogP contribution in [0, 0.1) is 5.82 Å². The molecule has 0 radical (unpaired) electrons. The summed E-state index contributed by atoms with van der Waals surface area (Å²) in [4.78, 5) is -0.336. The van der Waals surface area contributed by atoms with E-state index in [0.717, 1.165) is 12.5 Å². The molecule has 0 aromatic heterocycles. The predicted molar refractivity (Wildman–Crippen MR) is 70.4 cm³/mol. The molecule has 0 heterocycles. The van der Waals surface area contributed by atoms with Crippen LogP contribution >= 0.6 is 15.9 Å². The first-order chi connectivity index (χ1) is 8.47. The van der Waals surface area contributed by atoms with Crippen LogP contribution in [0.1, 0.15) is 12.8 Å². The molecular formula is C11H15BrFNO3S. The maximum Gasteiger partial charge on any atom is 0.243 e. The van der Waals surface area contributed by atoms with E-state index in [-0.39, 0.29) is 11.4 Å². The van der Waals surface area contributed by atoms with Crippen molar-refractivity contribution in [1.82, 2.24) is 4.72 Å². The summed E-state index contributed by atoms with van der Waals surface area (Å²) in [5, 5.41) is 0. The summed E-state index contributed by atoms with van der Waals surface area (Å²) >= 11 is 3.07. The fraction of sp³-hybridized carbons (Fsp3) is 0.455. The van der Waals surface area contributed by atoms with Crippen LogP contribution in [0.15, 0.2) is 27.6 Å². The van der Waals surface area contributed by atoms with Gasteiger partial charge in [0.2, 0.25) is 10.0 Å². The number of ether oxygens (including phenoxy) is 1. The van der Waals surface area contributed by atoms with Crippen molar-refractivity contribution < 1.29 is 17.5 Å². The predicted octanol–water partition coefficient (Wildman–Crippen LogP) is 2.29. The summed E-state index contributed by atoms with van der Waals surface area (Å²) < 4.78 is 44.8. The first-order valence-electron chi connectivity index (χ1n) is 5.41. The monoisotopic (exact) mass is 339 g/mol. The maximum atomic E-state index is 13.5. The van der Waals surface area contributed by atoms with E-state index in [1.807, 2.05) is 0 Å². The minimum atomic E-state index is -3.78. The Bertz CT molecular complexity index is 493. The summed E-state index contributed by atoms with van der Waals surface area (Å²) in [5.41, 5.74) is 0. The zero-order valence-electron chi connectivity index (χ0n) is 9.95. The van der Waals surface area contributed by atoms with E-state index in [9.17, 15) is 12.8 Å². The fourth-order valence-corrected chi connectivity index (χ4v) is 2.81. The zero-order chi connectivity index (χ0) is 13.6. The third-order valence-corrected chi connectivity index (χ3v) is 4.24. The second-order valence-electron chi connectivity index (χ2n) is 3.67. The molecule has 1 N–H and O–H groups in total. The first-order valence-corrected chi connectivity index (χ1v) is 7.68. The number of unbranched alkanes of at least 4 members (excludes halogenated alkanes) is 1. The average molecular weight is 340 g/mol. The van der Waals surface area contributed by atoms with Gasteiger partial charge >= 0.3 is 0 Å². The maximum absolute atomic E-state index is 13.5. The number of hydrogen-bond donors (Lipinski definition) is 1. The average Bonchev–Trinajstić information content (AvgIpc) is 2.28. The van der Waals surface area contributed by atoms with Crippen LogP contribution in [-0.4, -0.2) is 28.7 Å². The number of rotatable bonds is 7. The van der Waals surface area contributed by atoms with E-state index in [1.165, 1.54) is 12.1 Å². The SMILES string of the molecule is COCCCCNS(=O)(=O)c1ccc(Br)cc1F. The van der Waals surface area contributed by atoms with E-state index < -0.39 is 15.8 Å². The van der Waals surface area contributed by atoms with Gasteiger partial charge in [-0.3, -0.25) is 0 Å². The molecule has 0 aliphatic carbocycles. The molecule has 0 aliphatic rings. The highest BCUT2D eigenvalue weighted by Gasteiger charge is 2.18. The van der Waals surface area contributed by atoms with E-state index in [4.69, 9.17) is 4.74 Å². The lowest BCUT2D eigenvalue weighted by molar-refractivity contribution is 0.193. The van der Waals surface area contributed by atoms with Gasteiger partial charge in [-0.1, -0.05) is 15.9 Å². The molecule has 0 spiro atoms. The summed E-state index contributed by atoms with van der Waals surface area (Å²) in [5.74, 6) is -0.770. The van der Waals surface area contributed by atoms with E-state index >= 15 is 0 Å². The minimum Gasteiger partial charge on any atom is -0.385 e. The number of hydrogen-bond acceptors (Lipinski definition) is 3. The van der Waals surface area contributed by atoms with Gasteiger partial charge in [0.05, 0.1) is 0 Å². The molecule has 0 unspecified atom stereocenters. The van der Waals surface area contributed by atoms with E-state index in [0.29, 0.717) is 17.5 Å². The highest BCUT2D eigenvalue weighted by atomic mass is 79.9. The van der Waals surface area contributed by atoms with Crippen LogP contribution in [-0.2, 0) is 14.8 Å². The van der Waals surface area contributed by atoms with E-state index in [1.54, 1.807) is 7.11 Å². The fourth-order valence-electron chi connectivity index (χ4n) is 1.35. The van der Waals surface area contributed by atoms with Crippen molar-refractivity contribution in [3.05, 3.63) is 28.5 Å². The molecule has 7 heteroatoms. The second-order valence-corrected chi connectivity index (χ2v) is 6.32. The van der Waals surface area contributed by atoms with Crippen LogP contribution in [0.4, 0.5) is 4.39 Å². The Morgan fingerprint density at radius 1 is 1.39 bits per heavy atom. The standard InChI is InChI=1S/C11H15BrFNO3S/c1-17-7-3-2-6-14-18(15,16)11-5-4-9(12)8-10(11)13/h4-5,8,14H,2-3,6-7H2,1H3. The Kier molecular flexibility index (Phi) is 6.20. The third-order valence-electron chi connectivity index (χ3n) is 2.25. The minimum absolute atomic E-state index is 0.265. The number of benzene rings is 1. The van der Waals surface area contributed by atoms with Gasteiger partial charge < -0.3 is 4.74 Å². The first kappa shape index (κ1) is 15.6. The number of methoxy groups -OCH3 is 1. The van der Waals surface area contributed by atoms with Crippen LogP contribution in [0.2, 0.25) is 0 Å². The third kappa shape index (κ3) is 4.64. The molecule has 0 atom stereocenters. The molecule has 0 bridgehead atoms. The van der Waals surface area contributed by atoms with Gasteiger partial charge in [-0.05, 0) is 31.0 Å². The van der Waals surface area contributed by atoms with Gasteiger partial charge in [0.25, 0.3) is 0 Å². The van der Waals surface area contributed by atoms with Gasteiger partial charge in [0, 0.05) is 24.7 Å². The van der Waals surface area contributed by atoms with Gasteiger partial charge in [-0.15, -0.1) is 0 Å². The molecule has 1 rings (SSSR count). The van der Waals surface area contributed by atoms with Crippen molar-refractivity contribution in [1.29, 1.82) is 0 Å². The molecule has 1 aromatic carbocycles. The zero-order valence-corrected chi connectivity index (χ0v) is 12.4. The summed E-state index contributed by atoms with van der Waals surface area (Å²) in [6.45, 7) is 0.843. The number of sulfonamides is 1. The highest BCUT2D eigenvalue weighted by molar-refractivity contribution is 9.10. The molecule has 0 saturated heterocycles. The van der Waals surface area contributed by atoms with Crippen molar-refractivity contribution in [2.75, 3.05) is 20.3 Å². The number of nitrogens with one attached hydrogen (secondary N) is 1. The molecule has 0 fully saturated rings. The smallest absolute Gasteiger partial charge is 0.243 e. The molecule has 4 nitrogen and oxygen atoms in total. The Labute approximate surface area is 115 Å². The topological polar surface area (TPSA) is 55.4 Å². The lowest BCUT2D eigenvalue weighted by atomic mass is 10.3. The van der Waals surface area contributed by atoms with Crippen LogP contribution in [0.3, 0.4) is 0 Å². The normalized spacial score (nSPS) is 11.7. The van der Waals surface area contributed by atoms with Crippen LogP contribution in [0.5, 0.6) is 0 Å². The summed E-state index contributed by atoms with van der Waals surface area (Å²) in [6.07, 6.45) is 1.40. The van der Waals surface area contributed by atoms with Crippen molar-refractivity contribution >= 4 is 26.0 Å². The van der Waals surface area contributed by atoms with Crippen LogP contribution in [0.25, 0.3) is 0 Å². The van der Waals surface area contributed by atoms with Gasteiger partial charge in [0.15, 0.2) is 0 Å². The quantitative estimate of drug-likeness (QED) is 0.775. The van der Waals surface area contributed by atoms with E-state index in [2.05, 4.69) is 20.7 Å². The number of halogens is 2. The Hall–Kier alpha value is -0.500. The molecule has 0 saturated carbocycles. The summed E-state index contributed by atoms with van der Waals surface area (Å²) in [6, 6.07) is 3.85. The highest BCUT2D eigenvalue weighted by Crippen LogP contribution is 2.19. The van der Waals surface area contributed by atoms with Gasteiger partial charge in [0.1, 0.15) is 10.7 Å². The van der Waals surface area contributed by atoms with Crippen molar-refractivity contribution in [3.8, 4) is 0 Å². The Morgan fingerprint density at radius 2 is 2.11 bits per heavy atom. The molecule has 102 valence electrons. The lowest BCUT2D eigenvalue weighted by Crippen LogP contribution is -2.25. The Morgan fingerprint density at radius 3 is 2.72 bits per heavy atom. The summed E-state index contributed by atoms with van der Waals surface area (Å²) in [7, 11) is -2.20. The van der Waals surface area contributed by atoms with Gasteiger partial charge in [-0.25, -0.2) is 17.5 Å². The van der Waals surface area contributed by atoms with Crippen molar-refractivity contribution in [2.24, 2.45) is 0 Å². The molecule has 0 amide bonds. The molecular weight excluding hydrogens is 325 g/mol. The van der Waals surface area contributed by atoms with Gasteiger partial charge in [-0.2, -0.15) is 0 Å².